The predicted molar refractivity (Wildman–Crippen MR) is 109 cm³/mol. The Hall–Kier alpha value is -3.01. The molecule has 0 N–H and O–H groups in total. The fourth-order valence-corrected chi connectivity index (χ4v) is 3.72. The van der Waals surface area contributed by atoms with E-state index in [-0.39, 0.29) is 16.4 Å². The van der Waals surface area contributed by atoms with E-state index in [0.29, 0.717) is 28.3 Å². The molecule has 0 aliphatic carbocycles. The molecule has 0 amide bonds. The number of alkyl halides is 2. The maximum atomic E-state index is 13.0. The number of hydrogen-bond donors (Lipinski definition) is 0. The van der Waals surface area contributed by atoms with Gasteiger partial charge in [-0.05, 0) is 36.8 Å². The normalized spacial score (nSPS) is 15.5. The SMILES string of the molecule is COc1ccc(C=C2C(=O)OC(C)(C)OC2=O)cc1CSc1nc(C)cc(C(F)F)n1. The van der Waals surface area contributed by atoms with Crippen molar-refractivity contribution >= 4 is 29.8 Å². The van der Waals surface area contributed by atoms with Crippen molar-refractivity contribution in [1.29, 1.82) is 0 Å². The minimum absolute atomic E-state index is 0.211. The van der Waals surface area contributed by atoms with Gasteiger partial charge in [0.2, 0.25) is 0 Å². The van der Waals surface area contributed by atoms with Gasteiger partial charge in [0.25, 0.3) is 12.2 Å². The molecule has 3 rings (SSSR count). The van der Waals surface area contributed by atoms with E-state index in [1.54, 1.807) is 25.1 Å². The molecule has 0 saturated carbocycles. The van der Waals surface area contributed by atoms with Crippen molar-refractivity contribution in [1.82, 2.24) is 9.97 Å². The Morgan fingerprint density at radius 1 is 1.16 bits per heavy atom. The third kappa shape index (κ3) is 5.57. The Morgan fingerprint density at radius 3 is 2.45 bits per heavy atom. The molecule has 2 aromatic rings. The summed E-state index contributed by atoms with van der Waals surface area (Å²) in [6.07, 6.45) is -1.32. The second-order valence-electron chi connectivity index (χ2n) is 7.11. The second kappa shape index (κ2) is 9.01. The molecule has 0 atom stereocenters. The van der Waals surface area contributed by atoms with Gasteiger partial charge < -0.3 is 14.2 Å². The number of cyclic esters (lactones) is 2. The standard InChI is InChI=1S/C21H20F2N2O5S/c1-11-7-15(17(22)23)25-20(24-11)31-10-13-8-12(5-6-16(13)28-4)9-14-18(26)29-21(2,3)30-19(14)27/h5-9,17H,10H2,1-4H3. The molecule has 31 heavy (non-hydrogen) atoms. The fraction of sp³-hybridized carbons (Fsp3) is 0.333. The summed E-state index contributed by atoms with van der Waals surface area (Å²) < 4.78 is 41.5. The maximum absolute atomic E-state index is 13.0. The number of thioether (sulfide) groups is 1. The molecule has 1 saturated heterocycles. The van der Waals surface area contributed by atoms with Gasteiger partial charge in [0, 0.05) is 30.9 Å². The summed E-state index contributed by atoms with van der Waals surface area (Å²) in [6.45, 7) is 4.55. The van der Waals surface area contributed by atoms with Crippen molar-refractivity contribution < 1.29 is 32.6 Å². The minimum atomic E-state index is -2.69. The molecule has 1 aliphatic heterocycles. The van der Waals surface area contributed by atoms with E-state index in [0.717, 1.165) is 11.8 Å². The number of benzene rings is 1. The summed E-state index contributed by atoms with van der Waals surface area (Å²) in [5.41, 5.74) is 1.11. The van der Waals surface area contributed by atoms with Crippen molar-refractivity contribution in [2.24, 2.45) is 0 Å². The van der Waals surface area contributed by atoms with E-state index in [4.69, 9.17) is 14.2 Å². The molecule has 1 aromatic carbocycles. The smallest absolute Gasteiger partial charge is 0.348 e. The predicted octanol–water partition coefficient (Wildman–Crippen LogP) is 4.24. The van der Waals surface area contributed by atoms with Crippen molar-refractivity contribution in [3.05, 3.63) is 52.4 Å². The maximum Gasteiger partial charge on any atom is 0.348 e. The molecule has 0 spiro atoms. The molecular formula is C21H20F2N2O5S. The number of aromatic nitrogens is 2. The van der Waals surface area contributed by atoms with Crippen LogP contribution < -0.4 is 4.74 Å². The van der Waals surface area contributed by atoms with Gasteiger partial charge in [0.05, 0.1) is 7.11 Å². The summed E-state index contributed by atoms with van der Waals surface area (Å²) in [4.78, 5) is 32.4. The molecule has 0 radical (unpaired) electrons. The zero-order valence-electron chi connectivity index (χ0n) is 17.3. The third-order valence-corrected chi connectivity index (χ3v) is 5.06. The molecule has 164 valence electrons. The number of rotatable bonds is 6. The lowest BCUT2D eigenvalue weighted by molar-refractivity contribution is -0.222. The molecule has 1 aliphatic rings. The van der Waals surface area contributed by atoms with Crippen molar-refractivity contribution in [2.45, 2.75) is 43.9 Å². The number of esters is 2. The average molecular weight is 450 g/mol. The number of ether oxygens (including phenoxy) is 3. The first-order valence-corrected chi connectivity index (χ1v) is 10.2. The highest BCUT2D eigenvalue weighted by Crippen LogP contribution is 2.30. The number of carbonyl (C=O) groups excluding carboxylic acids is 2. The zero-order valence-corrected chi connectivity index (χ0v) is 18.1. The van der Waals surface area contributed by atoms with Crippen LogP contribution in [-0.2, 0) is 24.8 Å². The number of hydrogen-bond acceptors (Lipinski definition) is 8. The van der Waals surface area contributed by atoms with Gasteiger partial charge in [0.1, 0.15) is 17.0 Å². The highest BCUT2D eigenvalue weighted by Gasteiger charge is 2.38. The van der Waals surface area contributed by atoms with E-state index >= 15 is 0 Å². The molecule has 1 fully saturated rings. The van der Waals surface area contributed by atoms with Crippen LogP contribution in [0.1, 0.15) is 42.8 Å². The van der Waals surface area contributed by atoms with Crippen LogP contribution in [0.3, 0.4) is 0 Å². The van der Waals surface area contributed by atoms with Crippen LogP contribution in [-0.4, -0.2) is 34.8 Å². The molecular weight excluding hydrogens is 430 g/mol. The molecule has 10 heteroatoms. The van der Waals surface area contributed by atoms with Crippen LogP contribution in [0.2, 0.25) is 0 Å². The van der Waals surface area contributed by atoms with Crippen LogP contribution in [0.4, 0.5) is 8.78 Å². The highest BCUT2D eigenvalue weighted by atomic mass is 32.2. The van der Waals surface area contributed by atoms with Crippen LogP contribution in [0.25, 0.3) is 6.08 Å². The Bertz CT molecular complexity index is 1030. The first-order valence-electron chi connectivity index (χ1n) is 9.20. The van der Waals surface area contributed by atoms with Gasteiger partial charge in [-0.15, -0.1) is 0 Å². The van der Waals surface area contributed by atoms with Crippen molar-refractivity contribution in [3.63, 3.8) is 0 Å². The molecule has 7 nitrogen and oxygen atoms in total. The number of nitrogens with zero attached hydrogens (tertiary/aromatic N) is 2. The van der Waals surface area contributed by atoms with E-state index in [1.807, 2.05) is 0 Å². The number of halogens is 2. The lowest BCUT2D eigenvalue weighted by atomic mass is 10.1. The Balaban J connectivity index is 1.85. The van der Waals surface area contributed by atoms with Crippen LogP contribution in [0.5, 0.6) is 5.75 Å². The third-order valence-electron chi connectivity index (χ3n) is 4.17. The van der Waals surface area contributed by atoms with Gasteiger partial charge >= 0.3 is 11.9 Å². The van der Waals surface area contributed by atoms with Crippen molar-refractivity contribution in [3.8, 4) is 5.75 Å². The van der Waals surface area contributed by atoms with Gasteiger partial charge in [0.15, 0.2) is 5.16 Å². The Morgan fingerprint density at radius 2 is 1.84 bits per heavy atom. The summed E-state index contributed by atoms with van der Waals surface area (Å²) in [7, 11) is 1.50. The topological polar surface area (TPSA) is 87.6 Å². The highest BCUT2D eigenvalue weighted by molar-refractivity contribution is 7.98. The zero-order chi connectivity index (χ0) is 22.8. The van der Waals surface area contributed by atoms with Gasteiger partial charge in [-0.25, -0.2) is 28.3 Å². The monoisotopic (exact) mass is 450 g/mol. The number of carbonyl (C=O) groups is 2. The molecule has 2 heterocycles. The van der Waals surface area contributed by atoms with E-state index in [1.165, 1.54) is 33.1 Å². The van der Waals surface area contributed by atoms with Crippen LogP contribution >= 0.6 is 11.8 Å². The minimum Gasteiger partial charge on any atom is -0.496 e. The van der Waals surface area contributed by atoms with Crippen LogP contribution in [0, 0.1) is 6.92 Å². The van der Waals surface area contributed by atoms with Gasteiger partial charge in [-0.2, -0.15) is 0 Å². The van der Waals surface area contributed by atoms with E-state index < -0.39 is 24.2 Å². The number of methoxy groups -OCH3 is 1. The molecule has 1 aromatic heterocycles. The first-order chi connectivity index (χ1) is 14.6. The summed E-state index contributed by atoms with van der Waals surface area (Å²) in [5.74, 6) is -2.01. The lowest BCUT2D eigenvalue weighted by Crippen LogP contribution is -2.41. The first kappa shape index (κ1) is 22.7. The average Bonchev–Trinajstić information content (AvgIpc) is 2.68. The Kier molecular flexibility index (Phi) is 6.59. The largest absolute Gasteiger partial charge is 0.496 e. The van der Waals surface area contributed by atoms with Crippen LogP contribution in [0.15, 0.2) is 35.0 Å². The quantitative estimate of drug-likeness (QED) is 0.212. The molecule has 0 bridgehead atoms. The summed E-state index contributed by atoms with van der Waals surface area (Å²) in [5, 5.41) is 0.211. The molecule has 0 unspecified atom stereocenters. The van der Waals surface area contributed by atoms with Crippen molar-refractivity contribution in [2.75, 3.05) is 7.11 Å². The number of aryl methyl sites for hydroxylation is 1. The van der Waals surface area contributed by atoms with Gasteiger partial charge in [-0.3, -0.25) is 0 Å². The lowest BCUT2D eigenvalue weighted by Gasteiger charge is -2.29. The summed E-state index contributed by atoms with van der Waals surface area (Å²) >= 11 is 1.16. The Labute approximate surface area is 181 Å². The summed E-state index contributed by atoms with van der Waals surface area (Å²) in [6, 6.07) is 6.29. The van der Waals surface area contributed by atoms with E-state index in [9.17, 15) is 18.4 Å². The van der Waals surface area contributed by atoms with E-state index in [2.05, 4.69) is 9.97 Å². The second-order valence-corrected chi connectivity index (χ2v) is 8.06. The van der Waals surface area contributed by atoms with Gasteiger partial charge in [-0.1, -0.05) is 17.8 Å². The fourth-order valence-electron chi connectivity index (χ4n) is 2.83.